The maximum absolute atomic E-state index is 12.7. The SMILES string of the molecule is NCCC(c1ccc(-c2cn[nH]c2)cc1)c1ccccc1OC(F)F. The number of nitrogens with zero attached hydrogens (tertiary/aromatic N) is 1. The lowest BCUT2D eigenvalue weighted by Gasteiger charge is -2.20. The number of halogens is 2. The van der Waals surface area contributed by atoms with Gasteiger partial charge in [0.05, 0.1) is 6.20 Å². The van der Waals surface area contributed by atoms with Gasteiger partial charge in [0.1, 0.15) is 5.75 Å². The molecule has 0 aliphatic rings. The molecule has 6 heteroatoms. The average molecular weight is 343 g/mol. The van der Waals surface area contributed by atoms with Gasteiger partial charge in [-0.1, -0.05) is 42.5 Å². The van der Waals surface area contributed by atoms with E-state index in [1.807, 2.05) is 42.6 Å². The van der Waals surface area contributed by atoms with E-state index < -0.39 is 6.61 Å². The Balaban J connectivity index is 1.94. The lowest BCUT2D eigenvalue weighted by molar-refractivity contribution is -0.0505. The molecule has 0 aliphatic heterocycles. The van der Waals surface area contributed by atoms with Gasteiger partial charge in [0.15, 0.2) is 0 Å². The topological polar surface area (TPSA) is 63.9 Å². The smallest absolute Gasteiger partial charge is 0.387 e. The van der Waals surface area contributed by atoms with Crippen molar-refractivity contribution in [2.75, 3.05) is 6.54 Å². The Morgan fingerprint density at radius 3 is 2.44 bits per heavy atom. The Hall–Kier alpha value is -2.73. The number of nitrogens with two attached hydrogens (primary N) is 1. The first kappa shape index (κ1) is 17.1. The number of hydrogen-bond donors (Lipinski definition) is 2. The van der Waals surface area contributed by atoms with Gasteiger partial charge >= 0.3 is 6.61 Å². The fourth-order valence-electron chi connectivity index (χ4n) is 2.96. The lowest BCUT2D eigenvalue weighted by Crippen LogP contribution is -2.12. The number of H-pyrrole nitrogens is 1. The van der Waals surface area contributed by atoms with Gasteiger partial charge in [-0.2, -0.15) is 13.9 Å². The summed E-state index contributed by atoms with van der Waals surface area (Å²) in [6.07, 6.45) is 4.20. The minimum atomic E-state index is -2.86. The highest BCUT2D eigenvalue weighted by Crippen LogP contribution is 2.35. The van der Waals surface area contributed by atoms with Gasteiger partial charge in [-0.05, 0) is 30.2 Å². The Kier molecular flexibility index (Phi) is 5.40. The molecule has 1 heterocycles. The Morgan fingerprint density at radius 1 is 1.04 bits per heavy atom. The van der Waals surface area contributed by atoms with Crippen LogP contribution in [0.4, 0.5) is 8.78 Å². The molecule has 3 aromatic rings. The van der Waals surface area contributed by atoms with E-state index in [1.165, 1.54) is 0 Å². The molecule has 0 aliphatic carbocycles. The average Bonchev–Trinajstić information content (AvgIpc) is 3.15. The van der Waals surface area contributed by atoms with Crippen molar-refractivity contribution < 1.29 is 13.5 Å². The van der Waals surface area contributed by atoms with Gasteiger partial charge in [-0.25, -0.2) is 0 Å². The normalized spacial score (nSPS) is 12.3. The summed E-state index contributed by atoms with van der Waals surface area (Å²) in [7, 11) is 0. The molecular weight excluding hydrogens is 324 g/mol. The molecule has 0 saturated carbocycles. The van der Waals surface area contributed by atoms with E-state index in [-0.39, 0.29) is 11.7 Å². The van der Waals surface area contributed by atoms with Gasteiger partial charge in [0.25, 0.3) is 0 Å². The molecule has 3 N–H and O–H groups in total. The quantitative estimate of drug-likeness (QED) is 0.677. The second-order valence-electron chi connectivity index (χ2n) is 5.66. The first-order valence-electron chi connectivity index (χ1n) is 8.02. The van der Waals surface area contributed by atoms with Crippen molar-refractivity contribution in [1.29, 1.82) is 0 Å². The van der Waals surface area contributed by atoms with E-state index in [0.717, 1.165) is 16.7 Å². The van der Waals surface area contributed by atoms with Crippen LogP contribution in [0, 0.1) is 0 Å². The van der Waals surface area contributed by atoms with Crippen LogP contribution in [0.5, 0.6) is 5.75 Å². The number of aromatic amines is 1. The van der Waals surface area contributed by atoms with Gasteiger partial charge in [0.2, 0.25) is 0 Å². The lowest BCUT2D eigenvalue weighted by atomic mass is 9.87. The third kappa shape index (κ3) is 4.03. The molecular formula is C19H19F2N3O. The Bertz CT molecular complexity index is 789. The zero-order valence-corrected chi connectivity index (χ0v) is 13.5. The molecule has 2 aromatic carbocycles. The van der Waals surface area contributed by atoms with Crippen molar-refractivity contribution in [2.45, 2.75) is 19.0 Å². The number of ether oxygens (including phenoxy) is 1. The van der Waals surface area contributed by atoms with Crippen LogP contribution in [-0.4, -0.2) is 23.4 Å². The van der Waals surface area contributed by atoms with Crippen molar-refractivity contribution in [1.82, 2.24) is 10.2 Å². The van der Waals surface area contributed by atoms with E-state index in [2.05, 4.69) is 10.2 Å². The minimum absolute atomic E-state index is 0.113. The third-order valence-corrected chi connectivity index (χ3v) is 4.11. The molecule has 0 saturated heterocycles. The summed E-state index contributed by atoms with van der Waals surface area (Å²) in [5.74, 6) is 0.0770. The zero-order valence-electron chi connectivity index (χ0n) is 13.5. The van der Waals surface area contributed by atoms with Crippen LogP contribution in [0.1, 0.15) is 23.5 Å². The summed E-state index contributed by atoms with van der Waals surface area (Å²) < 4.78 is 30.1. The summed E-state index contributed by atoms with van der Waals surface area (Å²) in [6.45, 7) is -2.42. The molecule has 1 aromatic heterocycles. The van der Waals surface area contributed by atoms with Gasteiger partial charge in [-0.15, -0.1) is 0 Å². The van der Waals surface area contributed by atoms with E-state index in [1.54, 1.807) is 18.3 Å². The molecule has 0 fully saturated rings. The zero-order chi connectivity index (χ0) is 17.6. The molecule has 1 atom stereocenters. The van der Waals surface area contributed by atoms with Crippen LogP contribution in [-0.2, 0) is 0 Å². The number of rotatable bonds is 7. The highest BCUT2D eigenvalue weighted by atomic mass is 19.3. The summed E-state index contributed by atoms with van der Waals surface area (Å²) in [6, 6.07) is 14.8. The maximum atomic E-state index is 12.7. The molecule has 0 amide bonds. The minimum Gasteiger partial charge on any atom is -0.435 e. The van der Waals surface area contributed by atoms with E-state index in [4.69, 9.17) is 10.5 Å². The molecule has 0 radical (unpaired) electrons. The van der Waals surface area contributed by atoms with Crippen LogP contribution in [0.15, 0.2) is 60.9 Å². The van der Waals surface area contributed by atoms with Crippen LogP contribution in [0.3, 0.4) is 0 Å². The fraction of sp³-hybridized carbons (Fsp3) is 0.211. The van der Waals surface area contributed by atoms with E-state index in [9.17, 15) is 8.78 Å². The van der Waals surface area contributed by atoms with E-state index >= 15 is 0 Å². The third-order valence-electron chi connectivity index (χ3n) is 4.11. The van der Waals surface area contributed by atoms with Crippen LogP contribution in [0.2, 0.25) is 0 Å². The molecule has 4 nitrogen and oxygen atoms in total. The van der Waals surface area contributed by atoms with E-state index in [0.29, 0.717) is 18.5 Å². The van der Waals surface area contributed by atoms with Gasteiger partial charge < -0.3 is 10.5 Å². The fourth-order valence-corrected chi connectivity index (χ4v) is 2.96. The number of alkyl halides is 2. The van der Waals surface area contributed by atoms with Crippen molar-refractivity contribution >= 4 is 0 Å². The molecule has 0 bridgehead atoms. The van der Waals surface area contributed by atoms with Crippen molar-refractivity contribution in [2.24, 2.45) is 5.73 Å². The molecule has 25 heavy (non-hydrogen) atoms. The van der Waals surface area contributed by atoms with Crippen LogP contribution >= 0.6 is 0 Å². The highest BCUT2D eigenvalue weighted by molar-refractivity contribution is 5.62. The Labute approximate surface area is 144 Å². The monoisotopic (exact) mass is 343 g/mol. The number of para-hydroxylation sites is 1. The van der Waals surface area contributed by atoms with Crippen LogP contribution < -0.4 is 10.5 Å². The first-order valence-corrected chi connectivity index (χ1v) is 8.02. The summed E-state index contributed by atoms with van der Waals surface area (Å²) >= 11 is 0. The Morgan fingerprint density at radius 2 is 1.80 bits per heavy atom. The van der Waals surface area contributed by atoms with Crippen molar-refractivity contribution in [3.05, 3.63) is 72.1 Å². The van der Waals surface area contributed by atoms with Crippen molar-refractivity contribution in [3.8, 4) is 16.9 Å². The van der Waals surface area contributed by atoms with Crippen molar-refractivity contribution in [3.63, 3.8) is 0 Å². The number of hydrogen-bond acceptors (Lipinski definition) is 3. The summed E-state index contributed by atoms with van der Waals surface area (Å²) in [5, 5.41) is 6.73. The number of benzene rings is 2. The first-order chi connectivity index (χ1) is 12.2. The predicted molar refractivity (Wildman–Crippen MR) is 92.6 cm³/mol. The largest absolute Gasteiger partial charge is 0.435 e. The predicted octanol–water partition coefficient (Wildman–Crippen LogP) is 4.16. The second kappa shape index (κ2) is 7.90. The summed E-state index contributed by atoms with van der Waals surface area (Å²) in [4.78, 5) is 0. The van der Waals surface area contributed by atoms with Gasteiger partial charge in [-0.3, -0.25) is 5.10 Å². The molecule has 1 unspecified atom stereocenters. The molecule has 3 rings (SSSR count). The van der Waals surface area contributed by atoms with Gasteiger partial charge in [0, 0.05) is 23.2 Å². The van der Waals surface area contributed by atoms with Crippen LogP contribution in [0.25, 0.3) is 11.1 Å². The maximum Gasteiger partial charge on any atom is 0.387 e. The highest BCUT2D eigenvalue weighted by Gasteiger charge is 2.19. The molecule has 130 valence electrons. The number of aromatic nitrogens is 2. The number of nitrogens with one attached hydrogen (secondary N) is 1. The summed E-state index contributed by atoms with van der Waals surface area (Å²) in [5.41, 5.74) is 9.49. The standard InChI is InChI=1S/C19H19F2N3O/c20-19(21)25-18-4-2-1-3-17(18)16(9-10-22)14-7-5-13(6-8-14)15-11-23-24-12-15/h1-8,11-12,16,19H,9-10,22H2,(H,23,24). The second-order valence-corrected chi connectivity index (χ2v) is 5.66. The molecule has 0 spiro atoms.